The lowest BCUT2D eigenvalue weighted by atomic mass is 9.77. The van der Waals surface area contributed by atoms with Gasteiger partial charge >= 0.3 is 5.97 Å². The van der Waals surface area contributed by atoms with E-state index in [4.69, 9.17) is 14.2 Å². The van der Waals surface area contributed by atoms with Crippen molar-refractivity contribution in [1.29, 1.82) is 0 Å². The molecule has 1 spiro atoms. The minimum atomic E-state index is -0.711. The first-order valence-corrected chi connectivity index (χ1v) is 9.99. The molecule has 3 heterocycles. The second kappa shape index (κ2) is 7.24. The second-order valence-electron chi connectivity index (χ2n) is 7.84. The molecule has 0 aromatic heterocycles. The van der Waals surface area contributed by atoms with Gasteiger partial charge in [-0.25, -0.2) is 0 Å². The highest BCUT2D eigenvalue weighted by Crippen LogP contribution is 2.53. The number of unbranched alkanes of at least 4 members (excludes halogenated alkanes) is 1. The molecule has 5 atom stereocenters. The number of fused-ring (bicyclic) bond motifs is 1. The molecule has 1 aromatic carbocycles. The number of carbonyl (C=O) groups is 2. The highest BCUT2D eigenvalue weighted by Gasteiger charge is 2.67. The zero-order chi connectivity index (χ0) is 19.9. The van der Waals surface area contributed by atoms with Gasteiger partial charge in [0.25, 0.3) is 0 Å². The summed E-state index contributed by atoms with van der Waals surface area (Å²) in [6.45, 7) is 4.89. The van der Waals surface area contributed by atoms with E-state index in [0.29, 0.717) is 13.2 Å². The van der Waals surface area contributed by atoms with Crippen LogP contribution in [0.3, 0.4) is 0 Å². The number of esters is 1. The van der Waals surface area contributed by atoms with E-state index in [1.165, 1.54) is 0 Å². The second-order valence-corrected chi connectivity index (χ2v) is 7.84. The van der Waals surface area contributed by atoms with Crippen molar-refractivity contribution in [3.8, 4) is 5.75 Å². The molecule has 6 heteroatoms. The lowest BCUT2D eigenvalue weighted by Crippen LogP contribution is -2.40. The zero-order valence-electron chi connectivity index (χ0n) is 16.6. The van der Waals surface area contributed by atoms with Crippen molar-refractivity contribution in [2.75, 3.05) is 20.3 Å². The standard InChI is InChI=1S/C22H27NO5/c1-4-5-12-27-21(25)18-17-10-11-22(28-17)13-23(20(24)19(18)22)14(2)15-6-8-16(26-3)9-7-15/h6-11,14,17-19H,4-5,12-13H2,1-3H3/t14-,17-,18+,19-,22+/m0/s1. The Hall–Kier alpha value is -2.34. The molecule has 6 nitrogen and oxygen atoms in total. The number of methoxy groups -OCH3 is 1. The van der Waals surface area contributed by atoms with Crippen LogP contribution in [0.1, 0.15) is 38.3 Å². The molecule has 3 aliphatic rings. The fourth-order valence-corrected chi connectivity index (χ4v) is 4.60. The first-order valence-electron chi connectivity index (χ1n) is 9.99. The summed E-state index contributed by atoms with van der Waals surface area (Å²) < 4.78 is 16.8. The number of hydrogen-bond donors (Lipinski definition) is 0. The lowest BCUT2D eigenvalue weighted by Gasteiger charge is -2.27. The van der Waals surface area contributed by atoms with E-state index < -0.39 is 17.4 Å². The number of benzene rings is 1. The Morgan fingerprint density at radius 2 is 2.11 bits per heavy atom. The Balaban J connectivity index is 1.54. The van der Waals surface area contributed by atoms with Crippen molar-refractivity contribution in [2.24, 2.45) is 11.8 Å². The van der Waals surface area contributed by atoms with E-state index in [0.717, 1.165) is 24.2 Å². The van der Waals surface area contributed by atoms with Crippen LogP contribution in [0.2, 0.25) is 0 Å². The van der Waals surface area contributed by atoms with Gasteiger partial charge in [0.05, 0.1) is 38.3 Å². The topological polar surface area (TPSA) is 65.1 Å². The minimum Gasteiger partial charge on any atom is -0.497 e. The first-order chi connectivity index (χ1) is 13.5. The summed E-state index contributed by atoms with van der Waals surface area (Å²) in [5.41, 5.74) is 0.308. The van der Waals surface area contributed by atoms with Gasteiger partial charge in [-0.15, -0.1) is 0 Å². The SMILES string of the molecule is CCCCOC(=O)[C@@H]1[C@@H]2C=C[C@]3(CN([C@@H](C)c4ccc(OC)cc4)C(=O)[C@H]13)O2. The molecular weight excluding hydrogens is 358 g/mol. The lowest BCUT2D eigenvalue weighted by molar-refractivity contribution is -0.154. The van der Waals surface area contributed by atoms with Crippen molar-refractivity contribution in [1.82, 2.24) is 4.90 Å². The molecule has 1 aromatic rings. The quantitative estimate of drug-likeness (QED) is 0.410. The largest absolute Gasteiger partial charge is 0.497 e. The molecule has 2 saturated heterocycles. The summed E-state index contributed by atoms with van der Waals surface area (Å²) in [5, 5.41) is 0. The fraction of sp³-hybridized carbons (Fsp3) is 0.545. The van der Waals surface area contributed by atoms with Gasteiger partial charge in [0.1, 0.15) is 17.3 Å². The number of nitrogens with zero attached hydrogens (tertiary/aromatic N) is 1. The van der Waals surface area contributed by atoms with Crippen molar-refractivity contribution in [3.05, 3.63) is 42.0 Å². The summed E-state index contributed by atoms with van der Waals surface area (Å²) in [4.78, 5) is 27.8. The number of rotatable bonds is 7. The Kier molecular flexibility index (Phi) is 4.91. The Morgan fingerprint density at radius 3 is 2.79 bits per heavy atom. The van der Waals surface area contributed by atoms with Crippen LogP contribution >= 0.6 is 0 Å². The predicted molar refractivity (Wildman–Crippen MR) is 103 cm³/mol. The van der Waals surface area contributed by atoms with E-state index in [2.05, 4.69) is 0 Å². The van der Waals surface area contributed by atoms with Gasteiger partial charge < -0.3 is 19.1 Å². The Labute approximate surface area is 165 Å². The van der Waals surface area contributed by atoms with Crippen LogP contribution in [0.25, 0.3) is 0 Å². The highest BCUT2D eigenvalue weighted by molar-refractivity contribution is 5.91. The van der Waals surface area contributed by atoms with E-state index >= 15 is 0 Å². The van der Waals surface area contributed by atoms with Gasteiger partial charge in [0.15, 0.2) is 0 Å². The van der Waals surface area contributed by atoms with Crippen LogP contribution in [0.5, 0.6) is 5.75 Å². The summed E-state index contributed by atoms with van der Waals surface area (Å²) >= 11 is 0. The van der Waals surface area contributed by atoms with E-state index in [1.54, 1.807) is 7.11 Å². The maximum Gasteiger partial charge on any atom is 0.312 e. The summed E-state index contributed by atoms with van der Waals surface area (Å²) in [5.74, 6) is -0.631. The van der Waals surface area contributed by atoms with Crippen LogP contribution in [0, 0.1) is 11.8 Å². The van der Waals surface area contributed by atoms with Crippen LogP contribution < -0.4 is 4.74 Å². The average Bonchev–Trinajstić information content (AvgIpc) is 3.36. The number of ether oxygens (including phenoxy) is 3. The van der Waals surface area contributed by atoms with Gasteiger partial charge in [-0.2, -0.15) is 0 Å². The third kappa shape index (κ3) is 2.91. The monoisotopic (exact) mass is 385 g/mol. The van der Waals surface area contributed by atoms with Crippen LogP contribution in [0.4, 0.5) is 0 Å². The highest BCUT2D eigenvalue weighted by atomic mass is 16.6. The number of likely N-dealkylation sites (tertiary alicyclic amines) is 1. The summed E-state index contributed by atoms with van der Waals surface area (Å²) in [6, 6.07) is 7.59. The molecule has 0 aliphatic carbocycles. The van der Waals surface area contributed by atoms with Gasteiger partial charge in [-0.05, 0) is 31.0 Å². The van der Waals surface area contributed by atoms with Crippen LogP contribution in [-0.4, -0.2) is 48.7 Å². The van der Waals surface area contributed by atoms with Crippen molar-refractivity contribution >= 4 is 11.9 Å². The van der Waals surface area contributed by atoms with Gasteiger partial charge in [-0.3, -0.25) is 9.59 Å². The third-order valence-corrected chi connectivity index (χ3v) is 6.21. The molecule has 0 saturated carbocycles. The van der Waals surface area contributed by atoms with Crippen LogP contribution in [0.15, 0.2) is 36.4 Å². The minimum absolute atomic E-state index is 0.0346. The molecule has 2 fully saturated rings. The molecule has 0 unspecified atom stereocenters. The number of amides is 1. The zero-order valence-corrected chi connectivity index (χ0v) is 16.6. The first kappa shape index (κ1) is 19.0. The smallest absolute Gasteiger partial charge is 0.312 e. The van der Waals surface area contributed by atoms with Crippen molar-refractivity contribution in [3.63, 3.8) is 0 Å². The Morgan fingerprint density at radius 1 is 1.36 bits per heavy atom. The molecule has 0 radical (unpaired) electrons. The van der Waals surface area contributed by atoms with E-state index in [9.17, 15) is 9.59 Å². The molecule has 3 aliphatic heterocycles. The molecule has 150 valence electrons. The Bertz CT molecular complexity index is 789. The molecule has 28 heavy (non-hydrogen) atoms. The number of hydrogen-bond acceptors (Lipinski definition) is 5. The van der Waals surface area contributed by atoms with Crippen molar-refractivity contribution < 1.29 is 23.8 Å². The average molecular weight is 385 g/mol. The maximum atomic E-state index is 13.3. The molecular formula is C22H27NO5. The molecule has 2 bridgehead atoms. The van der Waals surface area contributed by atoms with Gasteiger partial charge in [-0.1, -0.05) is 37.6 Å². The van der Waals surface area contributed by atoms with Crippen molar-refractivity contribution in [2.45, 2.75) is 44.4 Å². The maximum absolute atomic E-state index is 13.3. The molecule has 1 amide bonds. The van der Waals surface area contributed by atoms with E-state index in [1.807, 2.05) is 55.2 Å². The number of carbonyl (C=O) groups excluding carboxylic acids is 2. The summed E-state index contributed by atoms with van der Waals surface area (Å²) in [6.07, 6.45) is 5.30. The van der Waals surface area contributed by atoms with E-state index in [-0.39, 0.29) is 24.0 Å². The van der Waals surface area contributed by atoms with Gasteiger partial charge in [0.2, 0.25) is 5.91 Å². The fourth-order valence-electron chi connectivity index (χ4n) is 4.60. The third-order valence-electron chi connectivity index (χ3n) is 6.21. The normalized spacial score (nSPS) is 31.2. The molecule has 0 N–H and O–H groups in total. The van der Waals surface area contributed by atoms with Gasteiger partial charge in [0, 0.05) is 0 Å². The molecule has 4 rings (SSSR count). The summed E-state index contributed by atoms with van der Waals surface area (Å²) in [7, 11) is 1.63. The predicted octanol–water partition coefficient (Wildman–Crippen LogP) is 2.88. The van der Waals surface area contributed by atoms with Crippen LogP contribution in [-0.2, 0) is 19.1 Å².